The molecule has 0 aromatic rings. The van der Waals surface area contributed by atoms with Gasteiger partial charge in [0.2, 0.25) is 10.0 Å². The van der Waals surface area contributed by atoms with Crippen LogP contribution in [0.3, 0.4) is 0 Å². The van der Waals surface area contributed by atoms with Gasteiger partial charge in [0.1, 0.15) is 5.54 Å². The quantitative estimate of drug-likeness (QED) is 0.801. The SMILES string of the molecule is CCCC1(C(=O)O)CCCN1S(=O)(=O)CC(C)C. The molecule has 106 valence electrons. The number of carboxylic acid groups (broad SMARTS) is 1. The first kappa shape index (κ1) is 15.4. The van der Waals surface area contributed by atoms with Crippen molar-refractivity contribution in [2.75, 3.05) is 12.3 Å². The van der Waals surface area contributed by atoms with E-state index in [1.165, 1.54) is 4.31 Å². The van der Waals surface area contributed by atoms with Crippen LogP contribution in [-0.4, -0.2) is 41.6 Å². The van der Waals surface area contributed by atoms with Crippen LogP contribution >= 0.6 is 0 Å². The van der Waals surface area contributed by atoms with Crippen molar-refractivity contribution < 1.29 is 18.3 Å². The van der Waals surface area contributed by atoms with Gasteiger partial charge in [-0.05, 0) is 25.2 Å². The Morgan fingerprint density at radius 3 is 2.50 bits per heavy atom. The van der Waals surface area contributed by atoms with Crippen LogP contribution in [0, 0.1) is 5.92 Å². The predicted molar refractivity (Wildman–Crippen MR) is 69.8 cm³/mol. The topological polar surface area (TPSA) is 74.7 Å². The van der Waals surface area contributed by atoms with Gasteiger partial charge >= 0.3 is 5.97 Å². The zero-order valence-corrected chi connectivity index (χ0v) is 12.2. The van der Waals surface area contributed by atoms with Gasteiger partial charge in [0.25, 0.3) is 0 Å². The highest BCUT2D eigenvalue weighted by Gasteiger charge is 2.51. The summed E-state index contributed by atoms with van der Waals surface area (Å²) in [4.78, 5) is 11.6. The number of sulfonamides is 1. The average molecular weight is 277 g/mol. The van der Waals surface area contributed by atoms with Gasteiger partial charge in [0, 0.05) is 6.54 Å². The molecule has 1 atom stereocenters. The van der Waals surface area contributed by atoms with Crippen molar-refractivity contribution in [3.8, 4) is 0 Å². The summed E-state index contributed by atoms with van der Waals surface area (Å²) in [5.41, 5.74) is -1.21. The molecule has 1 N–H and O–H groups in total. The van der Waals surface area contributed by atoms with Gasteiger partial charge in [-0.15, -0.1) is 0 Å². The number of rotatable bonds is 6. The van der Waals surface area contributed by atoms with E-state index in [0.29, 0.717) is 32.2 Å². The molecule has 18 heavy (non-hydrogen) atoms. The molecule has 1 fully saturated rings. The molecule has 1 aliphatic heterocycles. The molecule has 1 heterocycles. The Bertz CT molecular complexity index is 404. The molecular weight excluding hydrogens is 254 g/mol. The molecule has 5 nitrogen and oxygen atoms in total. The van der Waals surface area contributed by atoms with Gasteiger partial charge < -0.3 is 5.11 Å². The Kier molecular flexibility index (Phi) is 4.78. The largest absolute Gasteiger partial charge is 0.480 e. The van der Waals surface area contributed by atoms with Crippen LogP contribution in [-0.2, 0) is 14.8 Å². The van der Waals surface area contributed by atoms with Crippen LogP contribution in [0.2, 0.25) is 0 Å². The van der Waals surface area contributed by atoms with Crippen LogP contribution in [0.25, 0.3) is 0 Å². The summed E-state index contributed by atoms with van der Waals surface area (Å²) in [5, 5.41) is 9.46. The van der Waals surface area contributed by atoms with Gasteiger partial charge in [-0.2, -0.15) is 4.31 Å². The van der Waals surface area contributed by atoms with Gasteiger partial charge in [0.15, 0.2) is 0 Å². The number of nitrogens with zero attached hydrogens (tertiary/aromatic N) is 1. The van der Waals surface area contributed by atoms with Crippen molar-refractivity contribution in [2.24, 2.45) is 5.92 Å². The van der Waals surface area contributed by atoms with Crippen LogP contribution in [0.5, 0.6) is 0 Å². The molecule has 1 saturated heterocycles. The highest BCUT2D eigenvalue weighted by Crippen LogP contribution is 2.36. The van der Waals surface area contributed by atoms with Crippen molar-refractivity contribution in [3.63, 3.8) is 0 Å². The minimum atomic E-state index is -3.48. The Labute approximate surface area is 109 Å². The minimum absolute atomic E-state index is 0.00345. The summed E-state index contributed by atoms with van der Waals surface area (Å²) in [6, 6.07) is 0. The molecule has 1 rings (SSSR count). The first-order valence-electron chi connectivity index (χ1n) is 6.50. The molecule has 0 radical (unpaired) electrons. The Hall–Kier alpha value is -0.620. The van der Waals surface area contributed by atoms with Crippen LogP contribution in [0.15, 0.2) is 0 Å². The van der Waals surface area contributed by atoms with E-state index in [2.05, 4.69) is 0 Å². The lowest BCUT2D eigenvalue weighted by Crippen LogP contribution is -2.53. The molecule has 0 spiro atoms. The van der Waals surface area contributed by atoms with E-state index in [1.54, 1.807) is 0 Å². The highest BCUT2D eigenvalue weighted by molar-refractivity contribution is 7.89. The smallest absolute Gasteiger partial charge is 0.325 e. The molecule has 1 unspecified atom stereocenters. The Balaban J connectivity index is 3.09. The predicted octanol–water partition coefficient (Wildman–Crippen LogP) is 1.69. The molecular formula is C12H23NO4S. The van der Waals surface area contributed by atoms with Gasteiger partial charge in [-0.25, -0.2) is 8.42 Å². The van der Waals surface area contributed by atoms with Crippen molar-refractivity contribution in [2.45, 2.75) is 52.0 Å². The summed E-state index contributed by atoms with van der Waals surface area (Å²) < 4.78 is 25.8. The highest BCUT2D eigenvalue weighted by atomic mass is 32.2. The van der Waals surface area contributed by atoms with E-state index in [-0.39, 0.29) is 11.7 Å². The van der Waals surface area contributed by atoms with Crippen LogP contribution in [0.1, 0.15) is 46.5 Å². The monoisotopic (exact) mass is 277 g/mol. The Morgan fingerprint density at radius 1 is 1.44 bits per heavy atom. The third-order valence-electron chi connectivity index (χ3n) is 3.37. The number of aliphatic carboxylic acids is 1. The summed E-state index contributed by atoms with van der Waals surface area (Å²) in [5.74, 6) is -0.982. The van der Waals surface area contributed by atoms with Crippen molar-refractivity contribution in [3.05, 3.63) is 0 Å². The van der Waals surface area contributed by atoms with E-state index >= 15 is 0 Å². The number of carbonyl (C=O) groups is 1. The van der Waals surface area contributed by atoms with E-state index in [0.717, 1.165) is 0 Å². The molecule has 6 heteroatoms. The fraction of sp³-hybridized carbons (Fsp3) is 0.917. The normalized spacial score (nSPS) is 25.8. The molecule has 0 aromatic heterocycles. The molecule has 0 bridgehead atoms. The summed E-state index contributed by atoms with van der Waals surface area (Å²) in [7, 11) is -3.48. The lowest BCUT2D eigenvalue weighted by atomic mass is 9.92. The number of hydrogen-bond donors (Lipinski definition) is 1. The molecule has 1 aliphatic rings. The van der Waals surface area contributed by atoms with E-state index < -0.39 is 21.5 Å². The van der Waals surface area contributed by atoms with E-state index in [1.807, 2.05) is 20.8 Å². The molecule has 0 amide bonds. The summed E-state index contributed by atoms with van der Waals surface area (Å²) in [6.45, 7) is 5.88. The molecule has 0 saturated carbocycles. The van der Waals surface area contributed by atoms with Gasteiger partial charge in [-0.3, -0.25) is 4.79 Å². The van der Waals surface area contributed by atoms with Gasteiger partial charge in [0.05, 0.1) is 5.75 Å². The van der Waals surface area contributed by atoms with Crippen LogP contribution < -0.4 is 0 Å². The summed E-state index contributed by atoms with van der Waals surface area (Å²) in [6.07, 6.45) is 2.11. The lowest BCUT2D eigenvalue weighted by molar-refractivity contribution is -0.147. The first-order chi connectivity index (χ1) is 8.26. The third kappa shape index (κ3) is 2.85. The standard InChI is InChI=1S/C12H23NO4S/c1-4-6-12(11(14)15)7-5-8-13(12)18(16,17)9-10(2)3/h10H,4-9H2,1-3H3,(H,14,15). The zero-order valence-electron chi connectivity index (χ0n) is 11.3. The third-order valence-corrected chi connectivity index (χ3v) is 5.66. The first-order valence-corrected chi connectivity index (χ1v) is 8.11. The second-order valence-corrected chi connectivity index (χ2v) is 7.37. The second-order valence-electron chi connectivity index (χ2n) is 5.43. The number of carboxylic acids is 1. The second kappa shape index (κ2) is 5.57. The van der Waals surface area contributed by atoms with E-state index in [9.17, 15) is 18.3 Å². The van der Waals surface area contributed by atoms with Crippen molar-refractivity contribution in [1.29, 1.82) is 0 Å². The minimum Gasteiger partial charge on any atom is -0.480 e. The van der Waals surface area contributed by atoms with E-state index in [4.69, 9.17) is 0 Å². The average Bonchev–Trinajstić information content (AvgIpc) is 2.62. The maximum absolute atomic E-state index is 12.3. The molecule has 0 aliphatic carbocycles. The fourth-order valence-corrected chi connectivity index (χ4v) is 4.98. The zero-order chi connectivity index (χ0) is 14.0. The van der Waals surface area contributed by atoms with Crippen molar-refractivity contribution >= 4 is 16.0 Å². The molecule has 0 aromatic carbocycles. The van der Waals surface area contributed by atoms with Crippen molar-refractivity contribution in [1.82, 2.24) is 4.31 Å². The lowest BCUT2D eigenvalue weighted by Gasteiger charge is -2.34. The fourth-order valence-electron chi connectivity index (χ4n) is 2.75. The van der Waals surface area contributed by atoms with Crippen LogP contribution in [0.4, 0.5) is 0 Å². The number of hydrogen-bond acceptors (Lipinski definition) is 3. The maximum Gasteiger partial charge on any atom is 0.325 e. The summed E-state index contributed by atoms with van der Waals surface area (Å²) >= 11 is 0. The van der Waals surface area contributed by atoms with Gasteiger partial charge in [-0.1, -0.05) is 27.2 Å². The maximum atomic E-state index is 12.3. The Morgan fingerprint density at radius 2 is 2.06 bits per heavy atom.